The fourth-order valence-electron chi connectivity index (χ4n) is 1.45. The molecule has 0 radical (unpaired) electrons. The molecule has 1 aromatic heterocycles. The Morgan fingerprint density at radius 3 is 2.82 bits per heavy atom. The van der Waals surface area contributed by atoms with E-state index in [1.54, 1.807) is 18.4 Å². The average Bonchev–Trinajstić information content (AvgIpc) is 2.72. The molecule has 0 unspecified atom stereocenters. The van der Waals surface area contributed by atoms with Gasteiger partial charge in [-0.1, -0.05) is 0 Å². The van der Waals surface area contributed by atoms with E-state index < -0.39 is 0 Å². The van der Waals surface area contributed by atoms with Gasteiger partial charge in [-0.25, -0.2) is 0 Å². The molecule has 2 aromatic rings. The summed E-state index contributed by atoms with van der Waals surface area (Å²) in [5.41, 5.74) is 7.70. The van der Waals surface area contributed by atoms with Crippen molar-refractivity contribution >= 4 is 38.6 Å². The van der Waals surface area contributed by atoms with Crippen molar-refractivity contribution in [2.45, 2.75) is 6.54 Å². The van der Waals surface area contributed by atoms with Gasteiger partial charge < -0.3 is 15.8 Å². The molecular formula is C12H13BrN2OS. The number of methoxy groups -OCH3 is 1. The van der Waals surface area contributed by atoms with Crippen molar-refractivity contribution in [1.29, 1.82) is 0 Å². The predicted octanol–water partition coefficient (Wildman–Crippen LogP) is 3.71. The number of ether oxygens (including phenoxy) is 1. The van der Waals surface area contributed by atoms with E-state index in [-0.39, 0.29) is 0 Å². The lowest BCUT2D eigenvalue weighted by Crippen LogP contribution is -2.00. The highest BCUT2D eigenvalue weighted by Crippen LogP contribution is 2.28. The maximum atomic E-state index is 5.82. The van der Waals surface area contributed by atoms with Gasteiger partial charge in [0.05, 0.1) is 18.1 Å². The summed E-state index contributed by atoms with van der Waals surface area (Å²) in [6.45, 7) is 0.738. The maximum absolute atomic E-state index is 5.82. The SMILES string of the molecule is COc1ccc(NCc2sccc2N)cc1Br. The van der Waals surface area contributed by atoms with Gasteiger partial charge in [-0.3, -0.25) is 0 Å². The number of anilines is 2. The zero-order valence-corrected chi connectivity index (χ0v) is 11.8. The van der Waals surface area contributed by atoms with Crippen molar-refractivity contribution in [3.05, 3.63) is 39.0 Å². The van der Waals surface area contributed by atoms with E-state index in [9.17, 15) is 0 Å². The number of halogens is 1. The second kappa shape index (κ2) is 5.42. The van der Waals surface area contributed by atoms with Crippen LogP contribution in [0.4, 0.5) is 11.4 Å². The second-order valence-electron chi connectivity index (χ2n) is 3.50. The smallest absolute Gasteiger partial charge is 0.133 e. The zero-order chi connectivity index (χ0) is 12.3. The fourth-order valence-corrected chi connectivity index (χ4v) is 2.73. The van der Waals surface area contributed by atoms with Crippen LogP contribution in [-0.4, -0.2) is 7.11 Å². The molecule has 17 heavy (non-hydrogen) atoms. The van der Waals surface area contributed by atoms with Crippen LogP contribution < -0.4 is 15.8 Å². The van der Waals surface area contributed by atoms with E-state index in [1.165, 1.54) is 0 Å². The molecule has 1 heterocycles. The minimum atomic E-state index is 0.738. The summed E-state index contributed by atoms with van der Waals surface area (Å²) in [6, 6.07) is 7.81. The first-order valence-electron chi connectivity index (χ1n) is 5.10. The number of thiophene rings is 1. The van der Waals surface area contributed by atoms with Gasteiger partial charge in [0, 0.05) is 16.3 Å². The topological polar surface area (TPSA) is 47.3 Å². The Morgan fingerprint density at radius 1 is 1.41 bits per heavy atom. The Kier molecular flexibility index (Phi) is 3.91. The molecule has 3 nitrogen and oxygen atoms in total. The Bertz CT molecular complexity index is 513. The third-order valence-corrected chi connectivity index (χ3v) is 3.94. The fraction of sp³-hybridized carbons (Fsp3) is 0.167. The lowest BCUT2D eigenvalue weighted by atomic mass is 10.3. The summed E-state index contributed by atoms with van der Waals surface area (Å²) >= 11 is 5.11. The summed E-state index contributed by atoms with van der Waals surface area (Å²) in [6.07, 6.45) is 0. The van der Waals surface area contributed by atoms with Gasteiger partial charge >= 0.3 is 0 Å². The zero-order valence-electron chi connectivity index (χ0n) is 9.37. The number of nitrogen functional groups attached to an aromatic ring is 1. The van der Waals surface area contributed by atoms with Crippen molar-refractivity contribution in [2.24, 2.45) is 0 Å². The average molecular weight is 313 g/mol. The van der Waals surface area contributed by atoms with Crippen LogP contribution in [0, 0.1) is 0 Å². The van der Waals surface area contributed by atoms with Crippen molar-refractivity contribution in [1.82, 2.24) is 0 Å². The minimum Gasteiger partial charge on any atom is -0.496 e. The molecule has 0 aliphatic rings. The second-order valence-corrected chi connectivity index (χ2v) is 5.36. The van der Waals surface area contributed by atoms with Crippen LogP contribution in [0.2, 0.25) is 0 Å². The first-order valence-corrected chi connectivity index (χ1v) is 6.77. The lowest BCUT2D eigenvalue weighted by Gasteiger charge is -2.08. The van der Waals surface area contributed by atoms with Gasteiger partial charge in [-0.05, 0) is 45.6 Å². The molecule has 0 fully saturated rings. The van der Waals surface area contributed by atoms with Crippen molar-refractivity contribution in [3.63, 3.8) is 0 Å². The molecule has 3 N–H and O–H groups in total. The first kappa shape index (κ1) is 12.3. The highest BCUT2D eigenvalue weighted by Gasteiger charge is 2.03. The summed E-state index contributed by atoms with van der Waals surface area (Å²) in [4.78, 5) is 1.15. The van der Waals surface area contributed by atoms with E-state index in [2.05, 4.69) is 21.2 Å². The van der Waals surface area contributed by atoms with E-state index in [0.29, 0.717) is 0 Å². The maximum Gasteiger partial charge on any atom is 0.133 e. The van der Waals surface area contributed by atoms with E-state index in [4.69, 9.17) is 10.5 Å². The molecule has 0 atom stereocenters. The van der Waals surface area contributed by atoms with E-state index >= 15 is 0 Å². The third kappa shape index (κ3) is 2.92. The number of hydrogen-bond donors (Lipinski definition) is 2. The Balaban J connectivity index is 2.05. The molecule has 0 aliphatic carbocycles. The molecule has 0 saturated heterocycles. The molecule has 90 valence electrons. The monoisotopic (exact) mass is 312 g/mol. The number of hydrogen-bond acceptors (Lipinski definition) is 4. The number of nitrogens with two attached hydrogens (primary N) is 1. The Morgan fingerprint density at radius 2 is 2.24 bits per heavy atom. The minimum absolute atomic E-state index is 0.738. The predicted molar refractivity (Wildman–Crippen MR) is 76.8 cm³/mol. The van der Waals surface area contributed by atoms with Crippen LogP contribution in [0.15, 0.2) is 34.1 Å². The molecule has 0 spiro atoms. The molecule has 0 bridgehead atoms. The molecule has 0 saturated carbocycles. The number of rotatable bonds is 4. The molecule has 0 aliphatic heterocycles. The van der Waals surface area contributed by atoms with Gasteiger partial charge in [0.15, 0.2) is 0 Å². The van der Waals surface area contributed by atoms with Crippen LogP contribution in [0.1, 0.15) is 4.88 Å². The molecule has 5 heteroatoms. The quantitative estimate of drug-likeness (QED) is 0.904. The third-order valence-electron chi connectivity index (χ3n) is 2.38. The van der Waals surface area contributed by atoms with Crippen LogP contribution >= 0.6 is 27.3 Å². The standard InChI is InChI=1S/C12H13BrN2OS/c1-16-11-3-2-8(6-9(11)13)15-7-12-10(14)4-5-17-12/h2-6,15H,7,14H2,1H3. The molecule has 0 amide bonds. The van der Waals surface area contributed by atoms with Crippen LogP contribution in [-0.2, 0) is 6.54 Å². The van der Waals surface area contributed by atoms with Gasteiger partial charge in [-0.15, -0.1) is 11.3 Å². The summed E-state index contributed by atoms with van der Waals surface area (Å²) in [7, 11) is 1.65. The normalized spacial score (nSPS) is 10.2. The van der Waals surface area contributed by atoms with Gasteiger partial charge in [-0.2, -0.15) is 0 Å². The number of benzene rings is 1. The van der Waals surface area contributed by atoms with E-state index in [0.717, 1.165) is 33.0 Å². The van der Waals surface area contributed by atoms with E-state index in [1.807, 2.05) is 29.6 Å². The summed E-state index contributed by atoms with van der Waals surface area (Å²) in [5, 5.41) is 5.32. The Labute approximate surface area is 113 Å². The largest absolute Gasteiger partial charge is 0.496 e. The van der Waals surface area contributed by atoms with Crippen molar-refractivity contribution in [3.8, 4) is 5.75 Å². The van der Waals surface area contributed by atoms with Crippen LogP contribution in [0.25, 0.3) is 0 Å². The number of nitrogens with one attached hydrogen (secondary N) is 1. The van der Waals surface area contributed by atoms with Gasteiger partial charge in [0.25, 0.3) is 0 Å². The highest BCUT2D eigenvalue weighted by atomic mass is 79.9. The molecule has 1 aromatic carbocycles. The van der Waals surface area contributed by atoms with Crippen LogP contribution in [0.5, 0.6) is 5.75 Å². The molecular weight excluding hydrogens is 300 g/mol. The molecule has 2 rings (SSSR count). The summed E-state index contributed by atoms with van der Waals surface area (Å²) < 4.78 is 6.11. The Hall–Kier alpha value is -1.20. The van der Waals surface area contributed by atoms with Gasteiger partial charge in [0.1, 0.15) is 5.75 Å². The highest BCUT2D eigenvalue weighted by molar-refractivity contribution is 9.10. The van der Waals surface area contributed by atoms with Crippen LogP contribution in [0.3, 0.4) is 0 Å². The lowest BCUT2D eigenvalue weighted by molar-refractivity contribution is 0.412. The summed E-state index contributed by atoms with van der Waals surface area (Å²) in [5.74, 6) is 0.825. The van der Waals surface area contributed by atoms with Gasteiger partial charge in [0.2, 0.25) is 0 Å². The van der Waals surface area contributed by atoms with Crippen molar-refractivity contribution in [2.75, 3.05) is 18.2 Å². The first-order chi connectivity index (χ1) is 8.20. The van der Waals surface area contributed by atoms with Crippen molar-refractivity contribution < 1.29 is 4.74 Å².